The van der Waals surface area contributed by atoms with Crippen LogP contribution in [0, 0.1) is 13.8 Å². The molecule has 0 saturated carbocycles. The van der Waals surface area contributed by atoms with Crippen LogP contribution in [-0.2, 0) is 0 Å². The van der Waals surface area contributed by atoms with Gasteiger partial charge in [0.2, 0.25) is 0 Å². The zero-order valence-electron chi connectivity index (χ0n) is 13.0. The van der Waals surface area contributed by atoms with E-state index in [1.54, 1.807) is 11.3 Å². The van der Waals surface area contributed by atoms with E-state index in [1.165, 1.54) is 10.4 Å². The second-order valence-electron chi connectivity index (χ2n) is 5.85. The largest absolute Gasteiger partial charge is 0.317 e. The van der Waals surface area contributed by atoms with Crippen molar-refractivity contribution in [3.8, 4) is 0 Å². The van der Waals surface area contributed by atoms with Crippen molar-refractivity contribution in [1.29, 1.82) is 0 Å². The van der Waals surface area contributed by atoms with Crippen LogP contribution < -0.4 is 10.6 Å². The molecular weight excluding hydrogens is 294 g/mol. The van der Waals surface area contributed by atoms with Crippen LogP contribution in [0.3, 0.4) is 0 Å². The van der Waals surface area contributed by atoms with E-state index in [0.717, 1.165) is 31.5 Å². The predicted molar refractivity (Wildman–Crippen MR) is 90.8 cm³/mol. The van der Waals surface area contributed by atoms with Gasteiger partial charge >= 0.3 is 0 Å². The van der Waals surface area contributed by atoms with Gasteiger partial charge < -0.3 is 5.32 Å². The zero-order chi connectivity index (χ0) is 15.5. The van der Waals surface area contributed by atoms with Gasteiger partial charge in [0.25, 0.3) is 5.91 Å². The monoisotopic (exact) mass is 315 g/mol. The van der Waals surface area contributed by atoms with Gasteiger partial charge in [0.15, 0.2) is 5.13 Å². The molecule has 1 amide bonds. The number of piperidine rings is 1. The van der Waals surface area contributed by atoms with Crippen LogP contribution in [0.2, 0.25) is 0 Å². The molecule has 5 heteroatoms. The van der Waals surface area contributed by atoms with Gasteiger partial charge in [-0.25, -0.2) is 4.98 Å². The van der Waals surface area contributed by atoms with Crippen molar-refractivity contribution in [2.45, 2.75) is 32.6 Å². The number of hydrogen-bond donors (Lipinski definition) is 2. The number of carbonyl (C=O) groups excluding carboxylic acids is 1. The van der Waals surface area contributed by atoms with Crippen LogP contribution in [0.1, 0.15) is 45.1 Å². The topological polar surface area (TPSA) is 54.0 Å². The van der Waals surface area contributed by atoms with E-state index < -0.39 is 0 Å². The molecule has 3 rings (SSSR count). The van der Waals surface area contributed by atoms with E-state index in [-0.39, 0.29) is 5.91 Å². The molecular formula is C17H21N3OS. The Kier molecular flexibility index (Phi) is 4.55. The van der Waals surface area contributed by atoms with Crippen LogP contribution in [0.5, 0.6) is 0 Å². The van der Waals surface area contributed by atoms with Crippen molar-refractivity contribution in [2.24, 2.45) is 0 Å². The summed E-state index contributed by atoms with van der Waals surface area (Å²) in [4.78, 5) is 17.9. The summed E-state index contributed by atoms with van der Waals surface area (Å²) in [7, 11) is 0. The molecule has 2 aromatic rings. The van der Waals surface area contributed by atoms with Crippen LogP contribution in [-0.4, -0.2) is 24.0 Å². The third-order valence-corrected chi connectivity index (χ3v) is 5.33. The number of nitrogens with zero attached hydrogens (tertiary/aromatic N) is 1. The summed E-state index contributed by atoms with van der Waals surface area (Å²) in [5.74, 6) is 0.486. The Bertz CT molecular complexity index is 674. The van der Waals surface area contributed by atoms with E-state index in [1.807, 2.05) is 38.2 Å². The average Bonchev–Trinajstić information content (AvgIpc) is 2.99. The Morgan fingerprint density at radius 1 is 1.27 bits per heavy atom. The maximum absolute atomic E-state index is 12.3. The number of aryl methyl sites for hydroxylation is 2. The average molecular weight is 315 g/mol. The van der Waals surface area contributed by atoms with Crippen LogP contribution in [0.25, 0.3) is 0 Å². The molecule has 0 radical (unpaired) electrons. The summed E-state index contributed by atoms with van der Waals surface area (Å²) in [6.07, 6.45) is 4.20. The molecule has 1 aromatic carbocycles. The lowest BCUT2D eigenvalue weighted by atomic mass is 9.97. The second-order valence-corrected chi connectivity index (χ2v) is 6.91. The van der Waals surface area contributed by atoms with Gasteiger partial charge in [-0.1, -0.05) is 6.07 Å². The summed E-state index contributed by atoms with van der Waals surface area (Å²) in [5, 5.41) is 6.98. The minimum atomic E-state index is -0.0886. The van der Waals surface area contributed by atoms with Crippen molar-refractivity contribution in [1.82, 2.24) is 10.3 Å². The van der Waals surface area contributed by atoms with Crippen LogP contribution in [0.4, 0.5) is 5.13 Å². The van der Waals surface area contributed by atoms with E-state index in [4.69, 9.17) is 0 Å². The Morgan fingerprint density at radius 2 is 2.05 bits per heavy atom. The quantitative estimate of drug-likeness (QED) is 0.912. The van der Waals surface area contributed by atoms with Gasteiger partial charge in [-0.2, -0.15) is 0 Å². The Hall–Kier alpha value is -1.72. The van der Waals surface area contributed by atoms with Crippen LogP contribution in [0.15, 0.2) is 24.4 Å². The Balaban J connectivity index is 1.68. The summed E-state index contributed by atoms with van der Waals surface area (Å²) in [6.45, 7) is 6.19. The van der Waals surface area contributed by atoms with Gasteiger partial charge in [0.1, 0.15) is 0 Å². The number of aromatic nitrogens is 1. The molecule has 2 N–H and O–H groups in total. The molecule has 1 aliphatic heterocycles. The van der Waals surface area contributed by atoms with Gasteiger partial charge in [-0.3, -0.25) is 10.1 Å². The molecule has 1 saturated heterocycles. The first-order valence-electron chi connectivity index (χ1n) is 7.68. The highest BCUT2D eigenvalue weighted by Crippen LogP contribution is 2.31. The van der Waals surface area contributed by atoms with Crippen molar-refractivity contribution < 1.29 is 4.79 Å². The van der Waals surface area contributed by atoms with Crippen molar-refractivity contribution >= 4 is 22.4 Å². The van der Waals surface area contributed by atoms with Gasteiger partial charge in [0, 0.05) is 16.6 Å². The summed E-state index contributed by atoms with van der Waals surface area (Å²) in [5.41, 5.74) is 3.00. The fourth-order valence-corrected chi connectivity index (χ4v) is 3.67. The van der Waals surface area contributed by atoms with Crippen molar-refractivity contribution in [3.63, 3.8) is 0 Å². The number of amides is 1. The second kappa shape index (κ2) is 6.58. The highest BCUT2D eigenvalue weighted by molar-refractivity contribution is 7.15. The molecule has 1 aliphatic rings. The van der Waals surface area contributed by atoms with Gasteiger partial charge in [-0.15, -0.1) is 11.3 Å². The summed E-state index contributed by atoms with van der Waals surface area (Å²) >= 11 is 1.60. The molecule has 4 nitrogen and oxygen atoms in total. The van der Waals surface area contributed by atoms with Crippen molar-refractivity contribution in [3.05, 3.63) is 46.0 Å². The first-order valence-corrected chi connectivity index (χ1v) is 8.50. The lowest BCUT2D eigenvalue weighted by molar-refractivity contribution is 0.102. The first kappa shape index (κ1) is 15.2. The molecule has 0 bridgehead atoms. The molecule has 0 unspecified atom stereocenters. The third-order valence-electron chi connectivity index (χ3n) is 4.25. The molecule has 0 aliphatic carbocycles. The lowest BCUT2D eigenvalue weighted by Crippen LogP contribution is -2.26. The van der Waals surface area contributed by atoms with Gasteiger partial charge in [-0.05, 0) is 69.0 Å². The number of benzene rings is 1. The standard InChI is InChI=1S/C17H21N3OS/c1-11-3-4-14(9-12(11)2)16(21)20-17-19-10-15(22-17)13-5-7-18-8-6-13/h3-4,9-10,13,18H,5-8H2,1-2H3,(H,19,20,21). The maximum atomic E-state index is 12.3. The number of hydrogen-bond acceptors (Lipinski definition) is 4. The number of thiazole rings is 1. The maximum Gasteiger partial charge on any atom is 0.257 e. The van der Waals surface area contributed by atoms with E-state index in [0.29, 0.717) is 16.6 Å². The normalized spacial score (nSPS) is 15.7. The number of nitrogens with one attached hydrogen (secondary N) is 2. The summed E-state index contributed by atoms with van der Waals surface area (Å²) in [6, 6.07) is 5.76. The number of anilines is 1. The minimum absolute atomic E-state index is 0.0886. The van der Waals surface area contributed by atoms with Gasteiger partial charge in [0.05, 0.1) is 0 Å². The fourth-order valence-electron chi connectivity index (χ4n) is 2.69. The minimum Gasteiger partial charge on any atom is -0.317 e. The zero-order valence-corrected chi connectivity index (χ0v) is 13.8. The lowest BCUT2D eigenvalue weighted by Gasteiger charge is -2.20. The van der Waals surface area contributed by atoms with Crippen molar-refractivity contribution in [2.75, 3.05) is 18.4 Å². The highest BCUT2D eigenvalue weighted by Gasteiger charge is 2.18. The molecule has 0 spiro atoms. The number of carbonyl (C=O) groups is 1. The van der Waals surface area contributed by atoms with E-state index in [9.17, 15) is 4.79 Å². The molecule has 1 fully saturated rings. The first-order chi connectivity index (χ1) is 10.6. The predicted octanol–water partition coefficient (Wildman–Crippen LogP) is 3.48. The molecule has 1 aromatic heterocycles. The molecule has 2 heterocycles. The smallest absolute Gasteiger partial charge is 0.257 e. The third kappa shape index (κ3) is 3.36. The Morgan fingerprint density at radius 3 is 2.77 bits per heavy atom. The SMILES string of the molecule is Cc1ccc(C(=O)Nc2ncc(C3CCNCC3)s2)cc1C. The van der Waals surface area contributed by atoms with E-state index >= 15 is 0 Å². The Labute approximate surface area is 135 Å². The fraction of sp³-hybridized carbons (Fsp3) is 0.412. The molecule has 116 valence electrons. The highest BCUT2D eigenvalue weighted by atomic mass is 32.1. The molecule has 22 heavy (non-hydrogen) atoms. The number of rotatable bonds is 3. The molecule has 0 atom stereocenters. The summed E-state index contributed by atoms with van der Waals surface area (Å²) < 4.78 is 0. The van der Waals surface area contributed by atoms with Crippen LogP contribution >= 0.6 is 11.3 Å². The van der Waals surface area contributed by atoms with E-state index in [2.05, 4.69) is 15.6 Å².